The first-order chi connectivity index (χ1) is 6.36. The number of ether oxygens (including phenoxy) is 1. The zero-order chi connectivity index (χ0) is 9.52. The van der Waals surface area contributed by atoms with Crippen molar-refractivity contribution < 1.29 is 4.74 Å². The molecule has 0 saturated carbocycles. The topological polar surface area (TPSA) is 33.0 Å². The van der Waals surface area contributed by atoms with Crippen molar-refractivity contribution in [3.8, 4) is 6.07 Å². The second-order valence-electron chi connectivity index (χ2n) is 2.64. The van der Waals surface area contributed by atoms with Gasteiger partial charge >= 0.3 is 0 Å². The lowest BCUT2D eigenvalue weighted by Crippen LogP contribution is -1.86. The maximum atomic E-state index is 8.34. The molecule has 0 N–H and O–H groups in total. The summed E-state index contributed by atoms with van der Waals surface area (Å²) in [5.41, 5.74) is 2.14. The van der Waals surface area contributed by atoms with Gasteiger partial charge in [0.1, 0.15) is 0 Å². The Morgan fingerprint density at radius 1 is 1.54 bits per heavy atom. The Morgan fingerprint density at radius 2 is 2.38 bits per heavy atom. The van der Waals surface area contributed by atoms with Crippen molar-refractivity contribution in [1.29, 1.82) is 5.26 Å². The van der Waals surface area contributed by atoms with Crippen molar-refractivity contribution in [2.45, 2.75) is 6.61 Å². The normalized spacial score (nSPS) is 10.2. The number of rotatable bonds is 3. The van der Waals surface area contributed by atoms with Crippen LogP contribution in [0.1, 0.15) is 11.1 Å². The van der Waals surface area contributed by atoms with Crippen molar-refractivity contribution in [2.24, 2.45) is 0 Å². The van der Waals surface area contributed by atoms with Crippen LogP contribution in [-0.2, 0) is 11.3 Å². The van der Waals surface area contributed by atoms with E-state index in [9.17, 15) is 0 Å². The summed E-state index contributed by atoms with van der Waals surface area (Å²) in [4.78, 5) is 0. The molecule has 1 aromatic rings. The van der Waals surface area contributed by atoms with E-state index in [0.29, 0.717) is 6.61 Å². The van der Waals surface area contributed by atoms with Crippen LogP contribution in [0.2, 0.25) is 0 Å². The molecule has 0 amide bonds. The number of hydrogen-bond acceptors (Lipinski definition) is 2. The third-order valence-corrected chi connectivity index (χ3v) is 1.61. The van der Waals surface area contributed by atoms with Gasteiger partial charge in [0.2, 0.25) is 0 Å². The van der Waals surface area contributed by atoms with Crippen LogP contribution in [0.5, 0.6) is 0 Å². The summed E-state index contributed by atoms with van der Waals surface area (Å²) in [5, 5.41) is 8.34. The van der Waals surface area contributed by atoms with Crippen LogP contribution in [-0.4, -0.2) is 7.11 Å². The highest BCUT2D eigenvalue weighted by Crippen LogP contribution is 2.07. The fourth-order valence-electron chi connectivity index (χ4n) is 1.09. The van der Waals surface area contributed by atoms with Gasteiger partial charge in [-0.25, -0.2) is 0 Å². The van der Waals surface area contributed by atoms with Gasteiger partial charge in [-0.05, 0) is 23.3 Å². The molecular weight excluding hydrogens is 162 g/mol. The van der Waals surface area contributed by atoms with E-state index in [1.165, 1.54) is 6.08 Å². The van der Waals surface area contributed by atoms with Crippen molar-refractivity contribution in [2.75, 3.05) is 7.11 Å². The predicted octanol–water partition coefficient (Wildman–Crippen LogP) is 2.37. The van der Waals surface area contributed by atoms with Crippen LogP contribution in [0.4, 0.5) is 0 Å². The molecule has 0 fully saturated rings. The third kappa shape index (κ3) is 3.10. The molecule has 1 aromatic carbocycles. The molecule has 0 unspecified atom stereocenters. The van der Waals surface area contributed by atoms with Crippen LogP contribution in [0, 0.1) is 11.3 Å². The quantitative estimate of drug-likeness (QED) is 0.657. The largest absolute Gasteiger partial charge is 0.380 e. The molecule has 0 atom stereocenters. The first kappa shape index (κ1) is 9.50. The molecule has 0 heterocycles. The Hall–Kier alpha value is -1.59. The second-order valence-corrected chi connectivity index (χ2v) is 2.64. The first-order valence-electron chi connectivity index (χ1n) is 4.01. The number of benzene rings is 1. The molecule has 0 aliphatic heterocycles. The second kappa shape index (κ2) is 5.13. The lowest BCUT2D eigenvalue weighted by molar-refractivity contribution is 0.185. The van der Waals surface area contributed by atoms with Crippen molar-refractivity contribution >= 4 is 6.08 Å². The van der Waals surface area contributed by atoms with Gasteiger partial charge in [0.25, 0.3) is 0 Å². The number of nitrogens with zero attached hydrogens (tertiary/aromatic N) is 1. The fourth-order valence-corrected chi connectivity index (χ4v) is 1.09. The average Bonchev–Trinajstić information content (AvgIpc) is 2.16. The molecule has 0 aliphatic carbocycles. The van der Waals surface area contributed by atoms with Crippen molar-refractivity contribution in [3.63, 3.8) is 0 Å². The van der Waals surface area contributed by atoms with Gasteiger partial charge in [0.15, 0.2) is 0 Å². The highest BCUT2D eigenvalue weighted by molar-refractivity contribution is 5.52. The number of methoxy groups -OCH3 is 1. The van der Waals surface area contributed by atoms with Crippen LogP contribution in [0.25, 0.3) is 6.08 Å². The molecule has 2 heteroatoms. The molecule has 2 nitrogen and oxygen atoms in total. The fraction of sp³-hybridized carbons (Fsp3) is 0.182. The molecular formula is C11H11NO. The molecule has 13 heavy (non-hydrogen) atoms. The minimum Gasteiger partial charge on any atom is -0.380 e. The Morgan fingerprint density at radius 3 is 3.08 bits per heavy atom. The van der Waals surface area contributed by atoms with E-state index in [2.05, 4.69) is 0 Å². The lowest BCUT2D eigenvalue weighted by Gasteiger charge is -1.99. The SMILES string of the molecule is COCc1cccc(C=CC#N)c1. The maximum absolute atomic E-state index is 8.34. The van der Waals surface area contributed by atoms with Gasteiger partial charge in [0.05, 0.1) is 12.7 Å². The number of allylic oxidation sites excluding steroid dienone is 1. The summed E-state index contributed by atoms with van der Waals surface area (Å²) in [7, 11) is 1.66. The molecule has 1 rings (SSSR count). The van der Waals surface area contributed by atoms with Gasteiger partial charge < -0.3 is 4.74 Å². The molecule has 0 aromatic heterocycles. The smallest absolute Gasteiger partial charge is 0.0912 e. The van der Waals surface area contributed by atoms with E-state index >= 15 is 0 Å². The van der Waals surface area contributed by atoms with E-state index < -0.39 is 0 Å². The lowest BCUT2D eigenvalue weighted by atomic mass is 10.1. The van der Waals surface area contributed by atoms with Gasteiger partial charge in [0, 0.05) is 13.2 Å². The van der Waals surface area contributed by atoms with Gasteiger partial charge in [-0.1, -0.05) is 18.2 Å². The summed E-state index contributed by atoms with van der Waals surface area (Å²) in [6.45, 7) is 0.605. The van der Waals surface area contributed by atoms with E-state index in [0.717, 1.165) is 11.1 Å². The summed E-state index contributed by atoms with van der Waals surface area (Å²) < 4.78 is 5.00. The van der Waals surface area contributed by atoms with Crippen molar-refractivity contribution in [3.05, 3.63) is 41.5 Å². The summed E-state index contributed by atoms with van der Waals surface area (Å²) in [5.74, 6) is 0. The molecule has 0 saturated heterocycles. The monoisotopic (exact) mass is 173 g/mol. The standard InChI is InChI=1S/C11H11NO/c1-13-9-11-5-2-4-10(8-11)6-3-7-12/h2-6,8H,9H2,1H3. The Kier molecular flexibility index (Phi) is 3.74. The summed E-state index contributed by atoms with van der Waals surface area (Å²) >= 11 is 0. The van der Waals surface area contributed by atoms with Gasteiger partial charge in [-0.15, -0.1) is 0 Å². The van der Waals surface area contributed by atoms with Gasteiger partial charge in [-0.2, -0.15) is 5.26 Å². The third-order valence-electron chi connectivity index (χ3n) is 1.61. The molecule has 0 aliphatic rings. The minimum atomic E-state index is 0.605. The van der Waals surface area contributed by atoms with E-state index in [-0.39, 0.29) is 0 Å². The van der Waals surface area contributed by atoms with E-state index in [1.807, 2.05) is 30.3 Å². The van der Waals surface area contributed by atoms with E-state index in [1.54, 1.807) is 13.2 Å². The Bertz CT molecular complexity index is 336. The van der Waals surface area contributed by atoms with Crippen LogP contribution >= 0.6 is 0 Å². The van der Waals surface area contributed by atoms with Crippen LogP contribution in [0.15, 0.2) is 30.3 Å². The Balaban J connectivity index is 2.80. The van der Waals surface area contributed by atoms with Crippen LogP contribution in [0.3, 0.4) is 0 Å². The molecule has 0 spiro atoms. The number of nitriles is 1. The predicted molar refractivity (Wildman–Crippen MR) is 51.8 cm³/mol. The molecule has 66 valence electrons. The van der Waals surface area contributed by atoms with Gasteiger partial charge in [-0.3, -0.25) is 0 Å². The maximum Gasteiger partial charge on any atom is 0.0912 e. The molecule has 0 radical (unpaired) electrons. The zero-order valence-electron chi connectivity index (χ0n) is 7.53. The van der Waals surface area contributed by atoms with Crippen molar-refractivity contribution in [1.82, 2.24) is 0 Å². The van der Waals surface area contributed by atoms with Crippen LogP contribution < -0.4 is 0 Å². The highest BCUT2D eigenvalue weighted by Gasteiger charge is 1.91. The highest BCUT2D eigenvalue weighted by atomic mass is 16.5. The zero-order valence-corrected chi connectivity index (χ0v) is 7.53. The minimum absolute atomic E-state index is 0.605. The Labute approximate surface area is 78.1 Å². The summed E-state index contributed by atoms with van der Waals surface area (Å²) in [6, 6.07) is 9.85. The molecule has 0 bridgehead atoms. The first-order valence-corrected chi connectivity index (χ1v) is 4.01. The summed E-state index contributed by atoms with van der Waals surface area (Å²) in [6.07, 6.45) is 3.24. The van der Waals surface area contributed by atoms with E-state index in [4.69, 9.17) is 10.00 Å². The number of hydrogen-bond donors (Lipinski definition) is 0. The average molecular weight is 173 g/mol.